The molecule has 424 valence electrons. The third kappa shape index (κ3) is 38.0. The summed E-state index contributed by atoms with van der Waals surface area (Å²) in [6, 6.07) is -1.19. The number of rotatable bonds is 52. The lowest BCUT2D eigenvalue weighted by atomic mass is 9.98. The highest BCUT2D eigenvalue weighted by Gasteiger charge is 2.44. The van der Waals surface area contributed by atoms with Gasteiger partial charge in [0.2, 0.25) is 5.91 Å². The van der Waals surface area contributed by atoms with Gasteiger partial charge in [0.25, 0.3) is 0 Å². The van der Waals surface area contributed by atoms with E-state index in [4.69, 9.17) is 9.47 Å². The fourth-order valence-electron chi connectivity index (χ4n) is 9.71. The van der Waals surface area contributed by atoms with Crippen LogP contribution < -0.4 is 5.32 Å². The number of aliphatic hydroxyl groups excluding tert-OH is 7. The molecule has 1 heterocycles. The van der Waals surface area contributed by atoms with Crippen LogP contribution in [0.4, 0.5) is 0 Å². The molecule has 0 saturated carbocycles. The number of hydrogen-bond acceptors (Lipinski definition) is 10. The zero-order valence-electron chi connectivity index (χ0n) is 46.4. The van der Waals surface area contributed by atoms with Crippen LogP contribution in [0.25, 0.3) is 0 Å². The Hall–Kier alpha value is -1.67. The summed E-state index contributed by atoms with van der Waals surface area (Å²) in [5.41, 5.74) is 0. The van der Waals surface area contributed by atoms with Crippen molar-refractivity contribution >= 4 is 5.91 Å². The van der Waals surface area contributed by atoms with Gasteiger partial charge < -0.3 is 50.5 Å². The molecule has 9 atom stereocenters. The lowest BCUT2D eigenvalue weighted by Crippen LogP contribution is -2.60. The van der Waals surface area contributed by atoms with Gasteiger partial charge in [-0.3, -0.25) is 4.79 Å². The van der Waals surface area contributed by atoms with Gasteiger partial charge in [0.05, 0.1) is 25.4 Å². The van der Waals surface area contributed by atoms with E-state index in [2.05, 4.69) is 55.6 Å². The third-order valence-electron chi connectivity index (χ3n) is 14.7. The predicted octanol–water partition coefficient (Wildman–Crippen LogP) is 13.1. The molecule has 0 aliphatic carbocycles. The average Bonchev–Trinajstić information content (AvgIpc) is 3.38. The van der Waals surface area contributed by atoms with Crippen LogP contribution >= 0.6 is 0 Å². The summed E-state index contributed by atoms with van der Waals surface area (Å²) in [6.45, 7) is 3.46. The van der Waals surface area contributed by atoms with Gasteiger partial charge in [-0.05, 0) is 64.2 Å². The van der Waals surface area contributed by atoms with E-state index in [0.29, 0.717) is 19.3 Å². The number of allylic oxidation sites excluding steroid dienone is 6. The minimum absolute atomic E-state index is 0.243. The maximum absolute atomic E-state index is 13.2. The summed E-state index contributed by atoms with van der Waals surface area (Å²) >= 11 is 0. The van der Waals surface area contributed by atoms with E-state index < -0.39 is 74.2 Å². The highest BCUT2D eigenvalue weighted by atomic mass is 16.7. The Labute approximate surface area is 441 Å². The zero-order chi connectivity index (χ0) is 52.5. The number of unbranched alkanes of at least 4 members (excludes halogenated alkanes) is 34. The molecule has 9 unspecified atom stereocenters. The second-order valence-corrected chi connectivity index (χ2v) is 21.4. The number of hydrogen-bond donors (Lipinski definition) is 8. The lowest BCUT2D eigenvalue weighted by molar-refractivity contribution is -0.303. The number of aliphatic hydroxyl groups is 7. The Kier molecular flexibility index (Phi) is 47.6. The molecule has 11 heteroatoms. The number of nitrogens with one attached hydrogen (secondary N) is 1. The topological polar surface area (TPSA) is 189 Å². The molecule has 0 aromatic heterocycles. The summed E-state index contributed by atoms with van der Waals surface area (Å²) in [5.74, 6) is -0.708. The molecule has 72 heavy (non-hydrogen) atoms. The van der Waals surface area contributed by atoms with Gasteiger partial charge in [-0.1, -0.05) is 249 Å². The van der Waals surface area contributed by atoms with Crippen molar-refractivity contribution in [2.75, 3.05) is 13.2 Å². The van der Waals surface area contributed by atoms with Crippen molar-refractivity contribution in [1.82, 2.24) is 5.32 Å². The molecule has 1 fully saturated rings. The first-order chi connectivity index (χ1) is 35.2. The van der Waals surface area contributed by atoms with E-state index in [9.17, 15) is 40.5 Å². The monoisotopic (exact) mass is 1020 g/mol. The van der Waals surface area contributed by atoms with Gasteiger partial charge in [0.15, 0.2) is 6.29 Å². The normalized spacial score (nSPS) is 20.3. The van der Waals surface area contributed by atoms with Crippen molar-refractivity contribution in [2.24, 2.45) is 0 Å². The van der Waals surface area contributed by atoms with Gasteiger partial charge in [0.1, 0.15) is 36.6 Å². The Morgan fingerprint density at radius 3 is 1.24 bits per heavy atom. The van der Waals surface area contributed by atoms with E-state index >= 15 is 0 Å². The second-order valence-electron chi connectivity index (χ2n) is 21.4. The minimum Gasteiger partial charge on any atom is -0.394 e. The quantitative estimate of drug-likeness (QED) is 0.0215. The van der Waals surface area contributed by atoms with E-state index in [0.717, 1.165) is 44.9 Å². The summed E-state index contributed by atoms with van der Waals surface area (Å²) in [6.07, 6.45) is 50.6. The summed E-state index contributed by atoms with van der Waals surface area (Å²) < 4.78 is 11.1. The van der Waals surface area contributed by atoms with Crippen molar-refractivity contribution in [2.45, 2.75) is 332 Å². The number of carbonyl (C=O) groups excluding carboxylic acids is 1. The average molecular weight is 1020 g/mol. The molecule has 1 saturated heterocycles. The molecule has 1 rings (SSSR count). The highest BCUT2D eigenvalue weighted by Crippen LogP contribution is 2.23. The van der Waals surface area contributed by atoms with Crippen LogP contribution in [0.1, 0.15) is 277 Å². The molecule has 11 nitrogen and oxygen atoms in total. The standard InChI is InChI=1S/C61H115NO10/c1-3-5-7-9-11-13-15-17-19-21-23-25-27-29-31-33-35-37-39-41-43-45-47-49-54(65)60(70)62-52(51-71-61-59(69)58(68)57(67)55(50-63)72-61)56(66)53(64)48-46-44-42-40-38-36-34-32-30-28-26-24-22-20-18-16-14-12-10-8-6-4-2/h24,26,32,34,40,42,52-59,61,63-69H,3-23,25,27-31,33,35-39,41,43-51H2,1-2H3,(H,62,70)/b26-24+,34-32+,42-40+. The van der Waals surface area contributed by atoms with E-state index in [-0.39, 0.29) is 12.8 Å². The van der Waals surface area contributed by atoms with Crippen LogP contribution in [0.3, 0.4) is 0 Å². The molecule has 1 aliphatic heterocycles. The van der Waals surface area contributed by atoms with Crippen molar-refractivity contribution in [3.63, 3.8) is 0 Å². The molecule has 8 N–H and O–H groups in total. The van der Waals surface area contributed by atoms with Gasteiger partial charge in [-0.15, -0.1) is 0 Å². The van der Waals surface area contributed by atoms with Crippen molar-refractivity contribution in [1.29, 1.82) is 0 Å². The van der Waals surface area contributed by atoms with E-state index in [1.54, 1.807) is 0 Å². The Bertz CT molecular complexity index is 1260. The van der Waals surface area contributed by atoms with Gasteiger partial charge in [-0.2, -0.15) is 0 Å². The van der Waals surface area contributed by atoms with Crippen LogP contribution in [0, 0.1) is 0 Å². The largest absolute Gasteiger partial charge is 0.394 e. The van der Waals surface area contributed by atoms with Crippen LogP contribution in [-0.4, -0.2) is 110 Å². The molecular formula is C61H115NO10. The van der Waals surface area contributed by atoms with Crippen LogP contribution in [0.2, 0.25) is 0 Å². The van der Waals surface area contributed by atoms with Gasteiger partial charge >= 0.3 is 0 Å². The van der Waals surface area contributed by atoms with Crippen LogP contribution in [-0.2, 0) is 14.3 Å². The number of amides is 1. The molecular weight excluding hydrogens is 907 g/mol. The zero-order valence-corrected chi connectivity index (χ0v) is 46.4. The third-order valence-corrected chi connectivity index (χ3v) is 14.7. The van der Waals surface area contributed by atoms with Crippen molar-refractivity contribution in [3.8, 4) is 0 Å². The summed E-state index contributed by atoms with van der Waals surface area (Å²) in [4.78, 5) is 13.2. The second kappa shape index (κ2) is 50.2. The van der Waals surface area contributed by atoms with Crippen molar-refractivity contribution in [3.05, 3.63) is 36.5 Å². The Morgan fingerprint density at radius 1 is 0.472 bits per heavy atom. The molecule has 0 bridgehead atoms. The first-order valence-corrected chi connectivity index (χ1v) is 30.4. The van der Waals surface area contributed by atoms with Crippen molar-refractivity contribution < 1.29 is 50.0 Å². The molecule has 0 radical (unpaired) electrons. The van der Waals surface area contributed by atoms with Crippen LogP contribution in [0.15, 0.2) is 36.5 Å². The SMILES string of the molecule is CCCCCCCCCCC/C=C/CC/C=C/CC/C=C/CCCC(O)C(O)C(COC1OC(CO)C(O)C(O)C1O)NC(=O)C(O)CCCCCCCCCCCCCCCCCCCCCCCCC. The first kappa shape index (κ1) is 68.3. The van der Waals surface area contributed by atoms with E-state index in [1.165, 1.54) is 186 Å². The minimum atomic E-state index is -1.67. The maximum atomic E-state index is 13.2. The van der Waals surface area contributed by atoms with E-state index in [1.807, 2.05) is 0 Å². The fourth-order valence-corrected chi connectivity index (χ4v) is 9.71. The Morgan fingerprint density at radius 2 is 0.833 bits per heavy atom. The lowest BCUT2D eigenvalue weighted by Gasteiger charge is -2.40. The molecule has 0 aromatic carbocycles. The molecule has 1 aliphatic rings. The molecule has 0 spiro atoms. The number of carbonyl (C=O) groups is 1. The summed E-state index contributed by atoms with van der Waals surface area (Å²) in [7, 11) is 0. The highest BCUT2D eigenvalue weighted by molar-refractivity contribution is 5.80. The molecule has 0 aromatic rings. The van der Waals surface area contributed by atoms with Gasteiger partial charge in [-0.25, -0.2) is 0 Å². The van der Waals surface area contributed by atoms with Crippen LogP contribution in [0.5, 0.6) is 0 Å². The fraction of sp³-hybridized carbons (Fsp3) is 0.885. The maximum Gasteiger partial charge on any atom is 0.249 e. The summed E-state index contributed by atoms with van der Waals surface area (Å²) in [5, 5.41) is 76.2. The number of ether oxygens (including phenoxy) is 2. The van der Waals surface area contributed by atoms with Gasteiger partial charge in [0, 0.05) is 0 Å². The Balaban J connectivity index is 2.32. The first-order valence-electron chi connectivity index (χ1n) is 30.4. The smallest absolute Gasteiger partial charge is 0.249 e. The predicted molar refractivity (Wildman–Crippen MR) is 298 cm³/mol. The molecule has 1 amide bonds.